The minimum atomic E-state index is -3.60. The molecule has 5 nitrogen and oxygen atoms in total. The van der Waals surface area contributed by atoms with Gasteiger partial charge in [-0.05, 0) is 31.0 Å². The predicted octanol–water partition coefficient (Wildman–Crippen LogP) is 1.81. The number of hydrogen-bond donors (Lipinski definition) is 1. The summed E-state index contributed by atoms with van der Waals surface area (Å²) in [5, 5.41) is 8.61. The van der Waals surface area contributed by atoms with E-state index in [1.807, 2.05) is 6.07 Å². The Morgan fingerprint density at radius 2 is 2.00 bits per heavy atom. The molecule has 0 radical (unpaired) electrons. The molecule has 0 heterocycles. The Morgan fingerprint density at radius 1 is 1.37 bits per heavy atom. The number of rotatable bonds is 5. The van der Waals surface area contributed by atoms with Gasteiger partial charge in [0.2, 0.25) is 10.0 Å². The average molecular weight is 281 g/mol. The van der Waals surface area contributed by atoms with E-state index >= 15 is 0 Å². The maximum Gasteiger partial charge on any atom is 0.243 e. The third kappa shape index (κ3) is 3.06. The first kappa shape index (κ1) is 15.5. The normalized spacial score (nSPS) is 11.5. The van der Waals surface area contributed by atoms with Crippen LogP contribution in [0.2, 0.25) is 0 Å². The van der Waals surface area contributed by atoms with Crippen LogP contribution in [0, 0.1) is 25.2 Å². The highest BCUT2D eigenvalue weighted by atomic mass is 32.2. The molecular formula is C13H19N3O2S. The van der Waals surface area contributed by atoms with Crippen molar-refractivity contribution in [2.75, 3.05) is 18.8 Å². The SMILES string of the molecule is CCN(CCC#N)S(=O)(=O)c1c(C)ccc(N)c1C. The lowest BCUT2D eigenvalue weighted by atomic mass is 10.1. The summed E-state index contributed by atoms with van der Waals surface area (Å²) in [5.74, 6) is 0. The zero-order valence-electron chi connectivity index (χ0n) is 11.5. The Balaban J connectivity index is 3.35. The molecule has 0 bridgehead atoms. The fraction of sp³-hybridized carbons (Fsp3) is 0.462. The van der Waals surface area contributed by atoms with E-state index in [1.54, 1.807) is 32.9 Å². The third-order valence-electron chi connectivity index (χ3n) is 3.07. The highest BCUT2D eigenvalue weighted by molar-refractivity contribution is 7.89. The molecule has 104 valence electrons. The zero-order chi connectivity index (χ0) is 14.6. The van der Waals surface area contributed by atoms with Crippen molar-refractivity contribution >= 4 is 15.7 Å². The van der Waals surface area contributed by atoms with Crippen LogP contribution >= 0.6 is 0 Å². The van der Waals surface area contributed by atoms with Gasteiger partial charge in [0.1, 0.15) is 0 Å². The molecule has 0 aliphatic heterocycles. The van der Waals surface area contributed by atoms with Crippen LogP contribution in [-0.2, 0) is 10.0 Å². The van der Waals surface area contributed by atoms with Crippen LogP contribution in [-0.4, -0.2) is 25.8 Å². The van der Waals surface area contributed by atoms with Gasteiger partial charge in [0.25, 0.3) is 0 Å². The van der Waals surface area contributed by atoms with E-state index in [0.717, 1.165) is 0 Å². The molecule has 0 spiro atoms. The topological polar surface area (TPSA) is 87.2 Å². The van der Waals surface area contributed by atoms with E-state index in [9.17, 15) is 8.42 Å². The van der Waals surface area contributed by atoms with Gasteiger partial charge in [-0.25, -0.2) is 8.42 Å². The first-order valence-electron chi connectivity index (χ1n) is 6.09. The number of hydrogen-bond acceptors (Lipinski definition) is 4. The maximum absolute atomic E-state index is 12.6. The van der Waals surface area contributed by atoms with Crippen molar-refractivity contribution in [2.24, 2.45) is 0 Å². The van der Waals surface area contributed by atoms with Crippen LogP contribution in [0.15, 0.2) is 17.0 Å². The first-order valence-corrected chi connectivity index (χ1v) is 7.53. The molecule has 0 unspecified atom stereocenters. The number of nitriles is 1. The lowest BCUT2D eigenvalue weighted by molar-refractivity contribution is 0.434. The Hall–Kier alpha value is -1.58. The number of nitrogens with zero attached hydrogens (tertiary/aromatic N) is 2. The molecule has 0 aromatic heterocycles. The van der Waals surface area contributed by atoms with E-state index in [0.29, 0.717) is 23.4 Å². The van der Waals surface area contributed by atoms with Crippen molar-refractivity contribution < 1.29 is 8.42 Å². The lowest BCUT2D eigenvalue weighted by Crippen LogP contribution is -2.32. The molecule has 1 aromatic rings. The highest BCUT2D eigenvalue weighted by Gasteiger charge is 2.26. The Morgan fingerprint density at radius 3 is 2.53 bits per heavy atom. The minimum Gasteiger partial charge on any atom is -0.398 e. The number of benzene rings is 1. The van der Waals surface area contributed by atoms with E-state index in [-0.39, 0.29) is 17.9 Å². The van der Waals surface area contributed by atoms with Crippen LogP contribution in [0.5, 0.6) is 0 Å². The van der Waals surface area contributed by atoms with Gasteiger partial charge in [-0.15, -0.1) is 0 Å². The van der Waals surface area contributed by atoms with Gasteiger partial charge in [0.05, 0.1) is 11.0 Å². The standard InChI is InChI=1S/C13H19N3O2S/c1-4-16(9-5-8-14)19(17,18)13-10(2)6-7-12(15)11(13)3/h6-7H,4-5,9,15H2,1-3H3. The number of nitrogens with two attached hydrogens (primary N) is 1. The molecule has 19 heavy (non-hydrogen) atoms. The smallest absolute Gasteiger partial charge is 0.243 e. The summed E-state index contributed by atoms with van der Waals surface area (Å²) >= 11 is 0. The Labute approximate surface area is 114 Å². The summed E-state index contributed by atoms with van der Waals surface area (Å²) in [5.41, 5.74) is 7.49. The third-order valence-corrected chi connectivity index (χ3v) is 5.33. The molecule has 1 aromatic carbocycles. The second-order valence-electron chi connectivity index (χ2n) is 4.33. The van der Waals surface area contributed by atoms with Gasteiger partial charge >= 0.3 is 0 Å². The van der Waals surface area contributed by atoms with Gasteiger partial charge < -0.3 is 5.73 Å². The van der Waals surface area contributed by atoms with Crippen LogP contribution in [0.1, 0.15) is 24.5 Å². The van der Waals surface area contributed by atoms with Crippen molar-refractivity contribution in [1.82, 2.24) is 4.31 Å². The van der Waals surface area contributed by atoms with Crippen molar-refractivity contribution in [2.45, 2.75) is 32.1 Å². The number of anilines is 1. The summed E-state index contributed by atoms with van der Waals surface area (Å²) in [6, 6.07) is 5.37. The van der Waals surface area contributed by atoms with Crippen LogP contribution in [0.4, 0.5) is 5.69 Å². The molecule has 0 aliphatic carbocycles. The summed E-state index contributed by atoms with van der Waals surface area (Å²) in [4.78, 5) is 0.257. The fourth-order valence-electron chi connectivity index (χ4n) is 1.99. The molecule has 1 rings (SSSR count). The van der Waals surface area contributed by atoms with E-state index in [1.165, 1.54) is 4.31 Å². The lowest BCUT2D eigenvalue weighted by Gasteiger charge is -2.22. The second kappa shape index (κ2) is 6.04. The van der Waals surface area contributed by atoms with Crippen molar-refractivity contribution in [3.8, 4) is 6.07 Å². The molecule has 0 aliphatic rings. The zero-order valence-corrected chi connectivity index (χ0v) is 12.3. The van der Waals surface area contributed by atoms with Crippen molar-refractivity contribution in [3.05, 3.63) is 23.3 Å². The highest BCUT2D eigenvalue weighted by Crippen LogP contribution is 2.27. The summed E-state index contributed by atoms with van der Waals surface area (Å²) in [6.07, 6.45) is 0.174. The molecule has 2 N–H and O–H groups in total. The molecule has 0 atom stereocenters. The summed E-state index contributed by atoms with van der Waals surface area (Å²) in [7, 11) is -3.60. The van der Waals surface area contributed by atoms with Crippen molar-refractivity contribution in [1.29, 1.82) is 5.26 Å². The monoisotopic (exact) mass is 281 g/mol. The summed E-state index contributed by atoms with van der Waals surface area (Å²) < 4.78 is 26.6. The van der Waals surface area contributed by atoms with Crippen LogP contribution in [0.3, 0.4) is 0 Å². The minimum absolute atomic E-state index is 0.174. The number of sulfonamides is 1. The fourth-order valence-corrected chi connectivity index (χ4v) is 3.90. The Kier molecular flexibility index (Phi) is 4.92. The average Bonchev–Trinajstić information content (AvgIpc) is 2.34. The van der Waals surface area contributed by atoms with Gasteiger partial charge in [-0.3, -0.25) is 0 Å². The van der Waals surface area contributed by atoms with Gasteiger partial charge in [0, 0.05) is 25.2 Å². The second-order valence-corrected chi connectivity index (χ2v) is 6.21. The van der Waals surface area contributed by atoms with Crippen LogP contribution in [0.25, 0.3) is 0 Å². The molecular weight excluding hydrogens is 262 g/mol. The summed E-state index contributed by atoms with van der Waals surface area (Å²) in [6.45, 7) is 5.73. The maximum atomic E-state index is 12.6. The predicted molar refractivity (Wildman–Crippen MR) is 75.0 cm³/mol. The van der Waals surface area contributed by atoms with Gasteiger partial charge in [-0.1, -0.05) is 13.0 Å². The molecule has 0 saturated carbocycles. The first-order chi connectivity index (χ1) is 8.86. The van der Waals surface area contributed by atoms with Crippen LogP contribution < -0.4 is 5.73 Å². The molecule has 0 fully saturated rings. The van der Waals surface area contributed by atoms with E-state index in [4.69, 9.17) is 11.0 Å². The van der Waals surface area contributed by atoms with Gasteiger partial charge in [-0.2, -0.15) is 9.57 Å². The van der Waals surface area contributed by atoms with Gasteiger partial charge in [0.15, 0.2) is 0 Å². The molecule has 0 saturated heterocycles. The van der Waals surface area contributed by atoms with E-state index in [2.05, 4.69) is 0 Å². The Bertz CT molecular complexity index is 603. The number of aryl methyl sites for hydroxylation is 1. The molecule has 6 heteroatoms. The van der Waals surface area contributed by atoms with E-state index < -0.39 is 10.0 Å². The largest absolute Gasteiger partial charge is 0.398 e. The van der Waals surface area contributed by atoms with Crippen molar-refractivity contribution in [3.63, 3.8) is 0 Å². The quantitative estimate of drug-likeness (QED) is 0.834. The number of nitrogen functional groups attached to an aromatic ring is 1. The molecule has 0 amide bonds.